The number of fused-ring (bicyclic) bond motifs is 3. The van der Waals surface area contributed by atoms with Gasteiger partial charge < -0.3 is 10.1 Å². The summed E-state index contributed by atoms with van der Waals surface area (Å²) in [6.07, 6.45) is 3.39. The highest BCUT2D eigenvalue weighted by atomic mass is 35.5. The van der Waals surface area contributed by atoms with Crippen LogP contribution in [0.4, 0.5) is 5.95 Å². The largest absolute Gasteiger partial charge is 0.480 e. The summed E-state index contributed by atoms with van der Waals surface area (Å²) in [6.45, 7) is 0. The predicted octanol–water partition coefficient (Wildman–Crippen LogP) is 6.21. The molecule has 7 heteroatoms. The van der Waals surface area contributed by atoms with Crippen LogP contribution in [0.25, 0.3) is 5.70 Å². The maximum absolute atomic E-state index is 6.64. The quantitative estimate of drug-likeness (QED) is 0.370. The Morgan fingerprint density at radius 1 is 0.969 bits per heavy atom. The second kappa shape index (κ2) is 7.73. The third kappa shape index (κ3) is 3.10. The first-order valence-electron chi connectivity index (χ1n) is 10.3. The second-order valence-electron chi connectivity index (χ2n) is 7.70. The van der Waals surface area contributed by atoms with Crippen LogP contribution < -0.4 is 10.1 Å². The molecule has 6 rings (SSSR count). The second-order valence-corrected chi connectivity index (χ2v) is 9.02. The van der Waals surface area contributed by atoms with Gasteiger partial charge in [-0.15, -0.1) is 11.8 Å². The van der Waals surface area contributed by atoms with Gasteiger partial charge in [0.1, 0.15) is 24.2 Å². The Kier molecular flexibility index (Phi) is 4.70. The van der Waals surface area contributed by atoms with Crippen LogP contribution in [-0.2, 0) is 0 Å². The lowest BCUT2D eigenvalue weighted by atomic mass is 9.84. The van der Waals surface area contributed by atoms with Crippen molar-refractivity contribution in [3.63, 3.8) is 0 Å². The minimum atomic E-state index is -0.277. The predicted molar refractivity (Wildman–Crippen MR) is 128 cm³/mol. The normalized spacial score (nSPS) is 18.8. The third-order valence-electron chi connectivity index (χ3n) is 5.93. The molecule has 5 nitrogen and oxygen atoms in total. The molecule has 0 saturated carbocycles. The van der Waals surface area contributed by atoms with Crippen LogP contribution in [0.2, 0.25) is 5.02 Å². The molecule has 0 aliphatic carbocycles. The van der Waals surface area contributed by atoms with Crippen molar-refractivity contribution in [2.75, 3.05) is 11.6 Å². The third-order valence-corrected chi connectivity index (χ3v) is 6.92. The first-order valence-corrected chi connectivity index (χ1v) is 11.9. The summed E-state index contributed by atoms with van der Waals surface area (Å²) in [6, 6.07) is 24.4. The molecule has 0 unspecified atom stereocenters. The smallest absolute Gasteiger partial charge is 0.226 e. The summed E-state index contributed by atoms with van der Waals surface area (Å²) in [4.78, 5) is 5.69. The minimum Gasteiger partial charge on any atom is -0.480 e. The van der Waals surface area contributed by atoms with Crippen LogP contribution in [0.3, 0.4) is 0 Å². The zero-order valence-electron chi connectivity index (χ0n) is 17.2. The van der Waals surface area contributed by atoms with Crippen molar-refractivity contribution in [3.8, 4) is 5.75 Å². The van der Waals surface area contributed by atoms with E-state index in [1.165, 1.54) is 4.90 Å². The Hall–Kier alpha value is -3.22. The molecule has 158 valence electrons. The lowest BCUT2D eigenvalue weighted by molar-refractivity contribution is 0.223. The molecule has 3 heterocycles. The van der Waals surface area contributed by atoms with Crippen molar-refractivity contribution < 1.29 is 4.74 Å². The molecule has 3 aromatic carbocycles. The van der Waals surface area contributed by atoms with E-state index < -0.39 is 0 Å². The number of nitrogens with one attached hydrogen (secondary N) is 1. The van der Waals surface area contributed by atoms with Gasteiger partial charge in [-0.2, -0.15) is 10.1 Å². The number of halogens is 1. The Balaban J connectivity index is 1.60. The highest BCUT2D eigenvalue weighted by molar-refractivity contribution is 7.98. The van der Waals surface area contributed by atoms with E-state index in [-0.39, 0.29) is 12.1 Å². The number of nitrogens with zero attached hydrogens (tertiary/aromatic N) is 3. The fraction of sp³-hybridized carbons (Fsp3) is 0.120. The van der Waals surface area contributed by atoms with Crippen molar-refractivity contribution in [1.29, 1.82) is 0 Å². The lowest BCUT2D eigenvalue weighted by Gasteiger charge is -2.39. The molecule has 2 aliphatic rings. The molecular weight excluding hydrogens is 440 g/mol. The Bertz CT molecular complexity index is 1330. The van der Waals surface area contributed by atoms with Gasteiger partial charge in [0.05, 0.1) is 5.70 Å². The average Bonchev–Trinajstić information content (AvgIpc) is 3.31. The number of ether oxygens (including phenoxy) is 1. The van der Waals surface area contributed by atoms with E-state index in [9.17, 15) is 0 Å². The summed E-state index contributed by atoms with van der Waals surface area (Å²) < 4.78 is 8.56. The van der Waals surface area contributed by atoms with Crippen LogP contribution in [0.5, 0.6) is 5.75 Å². The molecule has 0 bridgehead atoms. The number of rotatable bonds is 3. The van der Waals surface area contributed by atoms with E-state index in [1.807, 2.05) is 47.1 Å². The van der Waals surface area contributed by atoms with Gasteiger partial charge >= 0.3 is 0 Å². The van der Waals surface area contributed by atoms with Gasteiger partial charge in [-0.1, -0.05) is 48.0 Å². The van der Waals surface area contributed by atoms with Crippen LogP contribution in [0.15, 0.2) is 89.6 Å². The zero-order valence-corrected chi connectivity index (χ0v) is 18.8. The average molecular weight is 459 g/mol. The number of aromatic nitrogens is 3. The van der Waals surface area contributed by atoms with E-state index in [0.29, 0.717) is 11.0 Å². The van der Waals surface area contributed by atoms with Gasteiger partial charge in [-0.05, 0) is 53.8 Å². The number of para-hydroxylation sites is 1. The summed E-state index contributed by atoms with van der Waals surface area (Å²) in [5, 5.41) is 8.78. The molecule has 2 aliphatic heterocycles. The fourth-order valence-electron chi connectivity index (χ4n) is 4.44. The molecule has 32 heavy (non-hydrogen) atoms. The minimum absolute atomic E-state index is 0.181. The highest BCUT2D eigenvalue weighted by Crippen LogP contribution is 2.50. The topological polar surface area (TPSA) is 52.0 Å². The van der Waals surface area contributed by atoms with Crippen molar-refractivity contribution in [3.05, 3.63) is 106 Å². The zero-order chi connectivity index (χ0) is 21.7. The standard InChI is InChI=1S/C25H19ClN4OS/c1-32-18-12-8-16(9-13-18)24-21-22(19-4-2-3-5-20(19)31-24)29-25-27-14-28-30(25)23(21)15-6-10-17(26)11-7-15/h2-14,23-24H,1H3,(H,27,28,29)/t23-,24-/m0/s1. The maximum atomic E-state index is 6.64. The van der Waals surface area contributed by atoms with Crippen molar-refractivity contribution in [1.82, 2.24) is 14.8 Å². The molecule has 0 radical (unpaired) electrons. The monoisotopic (exact) mass is 458 g/mol. The van der Waals surface area contributed by atoms with E-state index in [0.717, 1.165) is 33.7 Å². The van der Waals surface area contributed by atoms with Gasteiger partial charge in [0.15, 0.2) is 0 Å². The van der Waals surface area contributed by atoms with Gasteiger partial charge in [-0.25, -0.2) is 4.68 Å². The molecule has 1 N–H and O–H groups in total. The summed E-state index contributed by atoms with van der Waals surface area (Å²) >= 11 is 7.93. The van der Waals surface area contributed by atoms with Crippen LogP contribution in [0, 0.1) is 0 Å². The van der Waals surface area contributed by atoms with Gasteiger partial charge in [0.2, 0.25) is 5.95 Å². The summed E-state index contributed by atoms with van der Waals surface area (Å²) in [5.41, 5.74) is 5.30. The maximum Gasteiger partial charge on any atom is 0.226 e. The first kappa shape index (κ1) is 19.5. The number of benzene rings is 3. The van der Waals surface area contributed by atoms with Crippen LogP contribution in [-0.4, -0.2) is 21.0 Å². The number of hydrogen-bond donors (Lipinski definition) is 1. The Morgan fingerprint density at radius 2 is 1.72 bits per heavy atom. The molecule has 0 amide bonds. The molecule has 0 fully saturated rings. The Labute approximate surface area is 195 Å². The van der Waals surface area contributed by atoms with Gasteiger partial charge in [-0.3, -0.25) is 0 Å². The number of anilines is 1. The lowest BCUT2D eigenvalue weighted by Crippen LogP contribution is -2.32. The summed E-state index contributed by atoms with van der Waals surface area (Å²) in [5.74, 6) is 1.55. The molecule has 0 spiro atoms. The molecule has 4 aromatic rings. The SMILES string of the molecule is CSc1ccc([C@@H]2Oc3ccccc3C3=C2[C@H](c2ccc(Cl)cc2)n2ncnc2N3)cc1. The van der Waals surface area contributed by atoms with Crippen molar-refractivity contribution in [2.24, 2.45) is 0 Å². The molecule has 0 saturated heterocycles. The van der Waals surface area contributed by atoms with Crippen LogP contribution in [0.1, 0.15) is 28.8 Å². The summed E-state index contributed by atoms with van der Waals surface area (Å²) in [7, 11) is 0. The van der Waals surface area contributed by atoms with E-state index >= 15 is 0 Å². The highest BCUT2D eigenvalue weighted by Gasteiger charge is 2.40. The number of thioether (sulfide) groups is 1. The van der Waals surface area contributed by atoms with Gasteiger partial charge in [0.25, 0.3) is 0 Å². The van der Waals surface area contributed by atoms with Crippen molar-refractivity contribution in [2.45, 2.75) is 17.0 Å². The van der Waals surface area contributed by atoms with E-state index in [2.05, 4.69) is 52.0 Å². The fourth-order valence-corrected chi connectivity index (χ4v) is 4.97. The molecule has 1 aromatic heterocycles. The molecular formula is C25H19ClN4OS. The Morgan fingerprint density at radius 3 is 2.50 bits per heavy atom. The van der Waals surface area contributed by atoms with Crippen LogP contribution >= 0.6 is 23.4 Å². The van der Waals surface area contributed by atoms with Gasteiger partial charge in [0, 0.05) is 21.1 Å². The van der Waals surface area contributed by atoms with E-state index in [1.54, 1.807) is 18.1 Å². The van der Waals surface area contributed by atoms with E-state index in [4.69, 9.17) is 16.3 Å². The first-order chi connectivity index (χ1) is 15.7. The molecule has 2 atom stereocenters. The number of hydrogen-bond acceptors (Lipinski definition) is 5. The van der Waals surface area contributed by atoms with Crippen molar-refractivity contribution >= 4 is 35.0 Å².